The zero-order valence-electron chi connectivity index (χ0n) is 12.2. The fourth-order valence-corrected chi connectivity index (χ4v) is 3.55. The van der Waals surface area contributed by atoms with Crippen molar-refractivity contribution >= 4 is 31.9 Å². The molecule has 1 heterocycles. The molecule has 1 aromatic heterocycles. The normalized spacial score (nSPS) is 12.4. The van der Waals surface area contributed by atoms with Crippen LogP contribution in [0.1, 0.15) is 31.3 Å². The molecule has 2 rings (SSSR count). The van der Waals surface area contributed by atoms with Crippen LogP contribution < -0.4 is 10.1 Å². The topological polar surface area (TPSA) is 52.0 Å². The molecule has 1 atom stereocenters. The highest BCUT2D eigenvalue weighted by Gasteiger charge is 2.12. The molecule has 0 saturated heterocycles. The third-order valence-corrected chi connectivity index (χ3v) is 4.27. The third kappa shape index (κ3) is 4.05. The Balaban J connectivity index is 2.05. The highest BCUT2D eigenvalue weighted by molar-refractivity contribution is 9.11. The number of aryl methyl sites for hydroxylation is 1. The van der Waals surface area contributed by atoms with Gasteiger partial charge in [0.05, 0.1) is 21.6 Å². The molecule has 0 aliphatic rings. The summed E-state index contributed by atoms with van der Waals surface area (Å²) in [4.78, 5) is 0. The van der Waals surface area contributed by atoms with Gasteiger partial charge in [0.2, 0.25) is 0 Å². The van der Waals surface area contributed by atoms with Crippen LogP contribution in [0.3, 0.4) is 0 Å². The number of benzene rings is 1. The first-order valence-electron chi connectivity index (χ1n) is 6.71. The molecule has 2 aromatic rings. The maximum atomic E-state index is 5.59. The number of halogens is 2. The van der Waals surface area contributed by atoms with Gasteiger partial charge in [-0.2, -0.15) is 0 Å². The van der Waals surface area contributed by atoms with Gasteiger partial charge in [0, 0.05) is 13.6 Å². The molecule has 0 radical (unpaired) electrons. The van der Waals surface area contributed by atoms with E-state index in [0.29, 0.717) is 6.61 Å². The first-order chi connectivity index (χ1) is 10.0. The third-order valence-electron chi connectivity index (χ3n) is 3.09. The van der Waals surface area contributed by atoms with E-state index in [0.717, 1.165) is 32.6 Å². The van der Waals surface area contributed by atoms with Gasteiger partial charge in [-0.1, -0.05) is 0 Å². The van der Waals surface area contributed by atoms with E-state index in [1.807, 2.05) is 18.5 Å². The molecule has 0 bridgehead atoms. The molecule has 0 fully saturated rings. The Morgan fingerprint density at radius 1 is 1.33 bits per heavy atom. The molecule has 0 aliphatic heterocycles. The van der Waals surface area contributed by atoms with Crippen molar-refractivity contribution in [2.24, 2.45) is 7.05 Å². The Kier molecular flexibility index (Phi) is 5.78. The van der Waals surface area contributed by atoms with Crippen LogP contribution in [-0.4, -0.2) is 21.4 Å². The van der Waals surface area contributed by atoms with Crippen LogP contribution in [0.2, 0.25) is 0 Å². The standard InChI is InChI=1S/C14H18Br2N4O/c1-4-21-13-11(15)5-10(6-12(13)16)7-17-9(2)14-19-18-8-20(14)3/h5-6,8-9,17H,4,7H2,1-3H3. The van der Waals surface area contributed by atoms with Crippen LogP contribution in [0, 0.1) is 0 Å². The fourth-order valence-electron chi connectivity index (χ4n) is 2.04. The van der Waals surface area contributed by atoms with Crippen molar-refractivity contribution in [3.05, 3.63) is 38.8 Å². The van der Waals surface area contributed by atoms with Gasteiger partial charge < -0.3 is 14.6 Å². The summed E-state index contributed by atoms with van der Waals surface area (Å²) in [5, 5.41) is 11.5. The zero-order chi connectivity index (χ0) is 15.4. The van der Waals surface area contributed by atoms with Gasteiger partial charge in [-0.25, -0.2) is 0 Å². The smallest absolute Gasteiger partial charge is 0.149 e. The van der Waals surface area contributed by atoms with Gasteiger partial charge in [0.25, 0.3) is 0 Å². The Labute approximate surface area is 141 Å². The molecule has 0 spiro atoms. The maximum absolute atomic E-state index is 5.59. The quantitative estimate of drug-likeness (QED) is 0.780. The van der Waals surface area contributed by atoms with Crippen molar-refractivity contribution in [1.82, 2.24) is 20.1 Å². The lowest BCUT2D eigenvalue weighted by Crippen LogP contribution is -2.21. The maximum Gasteiger partial charge on any atom is 0.149 e. The summed E-state index contributed by atoms with van der Waals surface area (Å²) in [6.07, 6.45) is 1.71. The molecule has 7 heteroatoms. The number of aromatic nitrogens is 3. The van der Waals surface area contributed by atoms with E-state index in [9.17, 15) is 0 Å². The first-order valence-corrected chi connectivity index (χ1v) is 8.29. The van der Waals surface area contributed by atoms with Gasteiger partial charge in [0.15, 0.2) is 0 Å². The Morgan fingerprint density at radius 2 is 2.00 bits per heavy atom. The minimum absolute atomic E-state index is 0.126. The number of nitrogens with one attached hydrogen (secondary N) is 1. The summed E-state index contributed by atoms with van der Waals surface area (Å²) in [6, 6.07) is 4.25. The van der Waals surface area contributed by atoms with Gasteiger partial charge in [-0.3, -0.25) is 0 Å². The van der Waals surface area contributed by atoms with E-state index in [-0.39, 0.29) is 6.04 Å². The fraction of sp³-hybridized carbons (Fsp3) is 0.429. The van der Waals surface area contributed by atoms with Crippen molar-refractivity contribution in [1.29, 1.82) is 0 Å². The lowest BCUT2D eigenvalue weighted by molar-refractivity contribution is 0.336. The predicted molar refractivity (Wildman–Crippen MR) is 89.3 cm³/mol. The Morgan fingerprint density at radius 3 is 2.52 bits per heavy atom. The molecule has 1 unspecified atom stereocenters. The van der Waals surface area contributed by atoms with Crippen molar-refractivity contribution in [3.63, 3.8) is 0 Å². The molecule has 0 amide bonds. The van der Waals surface area contributed by atoms with Crippen LogP contribution in [0.25, 0.3) is 0 Å². The summed E-state index contributed by atoms with van der Waals surface area (Å²) in [5.41, 5.74) is 1.16. The molecule has 0 saturated carbocycles. The monoisotopic (exact) mass is 416 g/mol. The lowest BCUT2D eigenvalue weighted by Gasteiger charge is -2.15. The zero-order valence-corrected chi connectivity index (χ0v) is 15.4. The van der Waals surface area contributed by atoms with Crippen LogP contribution >= 0.6 is 31.9 Å². The van der Waals surface area contributed by atoms with Crippen LogP contribution in [-0.2, 0) is 13.6 Å². The highest BCUT2D eigenvalue weighted by atomic mass is 79.9. The van der Waals surface area contributed by atoms with E-state index < -0.39 is 0 Å². The van der Waals surface area contributed by atoms with E-state index in [2.05, 4.69) is 66.4 Å². The molecule has 5 nitrogen and oxygen atoms in total. The molecular weight excluding hydrogens is 400 g/mol. The highest BCUT2D eigenvalue weighted by Crippen LogP contribution is 2.34. The van der Waals surface area contributed by atoms with E-state index >= 15 is 0 Å². The van der Waals surface area contributed by atoms with Gasteiger partial charge in [-0.15, -0.1) is 10.2 Å². The SMILES string of the molecule is CCOc1c(Br)cc(CNC(C)c2nncn2C)cc1Br. The minimum Gasteiger partial charge on any atom is -0.492 e. The molecule has 114 valence electrons. The van der Waals surface area contributed by atoms with Crippen molar-refractivity contribution in [3.8, 4) is 5.75 Å². The molecule has 21 heavy (non-hydrogen) atoms. The van der Waals surface area contributed by atoms with E-state index in [1.54, 1.807) is 6.33 Å². The van der Waals surface area contributed by atoms with Crippen LogP contribution in [0.15, 0.2) is 27.4 Å². The first kappa shape index (κ1) is 16.5. The summed E-state index contributed by atoms with van der Waals surface area (Å²) in [7, 11) is 1.94. The summed E-state index contributed by atoms with van der Waals surface area (Å²) >= 11 is 7.09. The summed E-state index contributed by atoms with van der Waals surface area (Å²) < 4.78 is 9.40. The molecule has 1 aromatic carbocycles. The largest absolute Gasteiger partial charge is 0.492 e. The van der Waals surface area contributed by atoms with Gasteiger partial charge >= 0.3 is 0 Å². The van der Waals surface area contributed by atoms with E-state index in [1.165, 1.54) is 0 Å². The van der Waals surface area contributed by atoms with Crippen molar-refractivity contribution in [2.75, 3.05) is 6.61 Å². The second kappa shape index (κ2) is 7.38. The van der Waals surface area contributed by atoms with E-state index in [4.69, 9.17) is 4.74 Å². The number of ether oxygens (including phenoxy) is 1. The van der Waals surface area contributed by atoms with Gasteiger partial charge in [-0.05, 0) is 63.4 Å². The molecule has 1 N–H and O–H groups in total. The van der Waals surface area contributed by atoms with Crippen molar-refractivity contribution < 1.29 is 4.74 Å². The Bertz CT molecular complexity index is 592. The number of nitrogens with zero attached hydrogens (tertiary/aromatic N) is 3. The average Bonchev–Trinajstić information content (AvgIpc) is 2.86. The predicted octanol–water partition coefficient (Wildman–Crippen LogP) is 3.59. The van der Waals surface area contributed by atoms with Crippen LogP contribution in [0.4, 0.5) is 0 Å². The molecule has 0 aliphatic carbocycles. The number of rotatable bonds is 6. The lowest BCUT2D eigenvalue weighted by atomic mass is 10.2. The second-order valence-electron chi connectivity index (χ2n) is 4.72. The number of hydrogen-bond donors (Lipinski definition) is 1. The molecular formula is C14H18Br2N4O. The average molecular weight is 418 g/mol. The van der Waals surface area contributed by atoms with Gasteiger partial charge in [0.1, 0.15) is 17.9 Å². The van der Waals surface area contributed by atoms with Crippen LogP contribution in [0.5, 0.6) is 5.75 Å². The van der Waals surface area contributed by atoms with Crippen molar-refractivity contribution in [2.45, 2.75) is 26.4 Å². The summed E-state index contributed by atoms with van der Waals surface area (Å²) in [6.45, 7) is 5.41. The minimum atomic E-state index is 0.126. The summed E-state index contributed by atoms with van der Waals surface area (Å²) in [5.74, 6) is 1.75. The Hall–Kier alpha value is -0.920. The number of hydrogen-bond acceptors (Lipinski definition) is 4. The second-order valence-corrected chi connectivity index (χ2v) is 6.43.